The van der Waals surface area contributed by atoms with Crippen LogP contribution < -0.4 is 10.6 Å². The number of nitrogens with one attached hydrogen (secondary N) is 2. The molecule has 4 aromatic rings. The fourth-order valence-electron chi connectivity index (χ4n) is 3.34. The maximum atomic E-state index is 12.6. The first-order valence-electron chi connectivity index (χ1n) is 10.4. The number of thiazole rings is 1. The van der Waals surface area contributed by atoms with Gasteiger partial charge in [-0.2, -0.15) is 0 Å². The third-order valence-corrected chi connectivity index (χ3v) is 5.95. The first-order valence-corrected chi connectivity index (χ1v) is 11.2. The van der Waals surface area contributed by atoms with Crippen molar-refractivity contribution < 1.29 is 14.3 Å². The van der Waals surface area contributed by atoms with Crippen LogP contribution >= 0.6 is 11.3 Å². The van der Waals surface area contributed by atoms with Crippen LogP contribution in [-0.4, -0.2) is 23.6 Å². The zero-order valence-corrected chi connectivity index (χ0v) is 18.4. The molecule has 1 heterocycles. The van der Waals surface area contributed by atoms with Gasteiger partial charge in [-0.05, 0) is 48.9 Å². The molecule has 6 nitrogen and oxygen atoms in total. The lowest BCUT2D eigenvalue weighted by atomic mass is 10.0. The average molecular weight is 446 g/mol. The lowest BCUT2D eigenvalue weighted by Crippen LogP contribution is -2.34. The summed E-state index contributed by atoms with van der Waals surface area (Å²) in [6, 6.07) is 24.0. The van der Waals surface area contributed by atoms with E-state index in [4.69, 9.17) is 4.74 Å². The smallest absolute Gasteiger partial charge is 0.319 e. The number of carbonyl (C=O) groups excluding carboxylic acids is 2. The fourth-order valence-corrected chi connectivity index (χ4v) is 4.31. The standard InChI is InChI=1S/C25H23N3O3S/c1-2-31-23(29)16-21(17-8-4-3-5-9-17)28-25(30)26-19-14-12-18(13-15-19)24-27-20-10-6-7-11-22(20)32-24/h3-15,21H,2,16H2,1H3,(H2,26,28,30)/t21-/m1/s1. The lowest BCUT2D eigenvalue weighted by molar-refractivity contribution is -0.143. The molecular formula is C25H23N3O3S. The summed E-state index contributed by atoms with van der Waals surface area (Å²) >= 11 is 1.63. The predicted octanol–water partition coefficient (Wildman–Crippen LogP) is 5.78. The van der Waals surface area contributed by atoms with Crippen molar-refractivity contribution in [2.75, 3.05) is 11.9 Å². The normalized spacial score (nSPS) is 11.7. The second-order valence-corrected chi connectivity index (χ2v) is 8.17. The minimum Gasteiger partial charge on any atom is -0.466 e. The van der Waals surface area contributed by atoms with Crippen molar-refractivity contribution in [3.63, 3.8) is 0 Å². The van der Waals surface area contributed by atoms with Gasteiger partial charge in [0.2, 0.25) is 0 Å². The summed E-state index contributed by atoms with van der Waals surface area (Å²) in [5, 5.41) is 6.64. The number of anilines is 1. The van der Waals surface area contributed by atoms with Crippen LogP contribution in [0, 0.1) is 0 Å². The van der Waals surface area contributed by atoms with Gasteiger partial charge < -0.3 is 15.4 Å². The molecule has 1 atom stereocenters. The number of aromatic nitrogens is 1. The second-order valence-electron chi connectivity index (χ2n) is 7.13. The Morgan fingerprint density at radius 3 is 2.41 bits per heavy atom. The van der Waals surface area contributed by atoms with Gasteiger partial charge in [0.1, 0.15) is 5.01 Å². The van der Waals surface area contributed by atoms with Gasteiger partial charge in [-0.15, -0.1) is 11.3 Å². The van der Waals surface area contributed by atoms with Crippen LogP contribution in [0.15, 0.2) is 78.9 Å². The van der Waals surface area contributed by atoms with E-state index in [1.807, 2.05) is 72.8 Å². The Kier molecular flexibility index (Phi) is 6.77. The van der Waals surface area contributed by atoms with Gasteiger partial charge in [-0.1, -0.05) is 42.5 Å². The molecule has 3 aromatic carbocycles. The SMILES string of the molecule is CCOC(=O)C[C@@H](NC(=O)Nc1ccc(-c2nc3ccccc3s2)cc1)c1ccccc1. The van der Waals surface area contributed by atoms with Crippen LogP contribution in [0.1, 0.15) is 24.9 Å². The van der Waals surface area contributed by atoms with E-state index in [1.165, 1.54) is 0 Å². The largest absolute Gasteiger partial charge is 0.466 e. The number of hydrogen-bond donors (Lipinski definition) is 2. The van der Waals surface area contributed by atoms with Crippen molar-refractivity contribution >= 4 is 39.2 Å². The van der Waals surface area contributed by atoms with Gasteiger partial charge in [0.05, 0.1) is 29.3 Å². The number of rotatable bonds is 7. The number of ether oxygens (including phenoxy) is 1. The number of fused-ring (bicyclic) bond motifs is 1. The molecule has 4 rings (SSSR count). The van der Waals surface area contributed by atoms with Crippen molar-refractivity contribution in [1.29, 1.82) is 0 Å². The maximum absolute atomic E-state index is 12.6. The van der Waals surface area contributed by atoms with Crippen molar-refractivity contribution in [3.05, 3.63) is 84.4 Å². The number of carbonyl (C=O) groups is 2. The number of para-hydroxylation sites is 1. The molecule has 7 heteroatoms. The van der Waals surface area contributed by atoms with E-state index >= 15 is 0 Å². The van der Waals surface area contributed by atoms with Gasteiger partial charge in [0.25, 0.3) is 0 Å². The highest BCUT2D eigenvalue weighted by Gasteiger charge is 2.19. The zero-order chi connectivity index (χ0) is 22.3. The molecule has 1 aromatic heterocycles. The molecule has 162 valence electrons. The fraction of sp³-hybridized carbons (Fsp3) is 0.160. The Bertz CT molecular complexity index is 1170. The van der Waals surface area contributed by atoms with Crippen molar-refractivity contribution in [2.45, 2.75) is 19.4 Å². The zero-order valence-electron chi connectivity index (χ0n) is 17.6. The Balaban J connectivity index is 1.43. The highest BCUT2D eigenvalue weighted by Crippen LogP contribution is 2.30. The van der Waals surface area contributed by atoms with Crippen LogP contribution in [0.25, 0.3) is 20.8 Å². The highest BCUT2D eigenvalue weighted by molar-refractivity contribution is 7.21. The van der Waals surface area contributed by atoms with E-state index in [9.17, 15) is 9.59 Å². The number of esters is 1. The predicted molar refractivity (Wildman–Crippen MR) is 128 cm³/mol. The third kappa shape index (κ3) is 5.31. The minimum atomic E-state index is -0.489. The quantitative estimate of drug-likeness (QED) is 0.353. The molecule has 2 N–H and O–H groups in total. The van der Waals surface area contributed by atoms with Gasteiger partial charge in [-0.3, -0.25) is 4.79 Å². The Hall–Kier alpha value is -3.71. The molecule has 0 spiro atoms. The van der Waals surface area contributed by atoms with Crippen molar-refractivity contribution in [1.82, 2.24) is 10.3 Å². The van der Waals surface area contributed by atoms with E-state index < -0.39 is 12.1 Å². The van der Waals surface area contributed by atoms with Crippen LogP contribution in [0.3, 0.4) is 0 Å². The number of hydrogen-bond acceptors (Lipinski definition) is 5. The summed E-state index contributed by atoms with van der Waals surface area (Å²) in [7, 11) is 0. The van der Waals surface area contributed by atoms with Gasteiger partial charge in [0.15, 0.2) is 0 Å². The van der Waals surface area contributed by atoms with Gasteiger partial charge in [-0.25, -0.2) is 9.78 Å². The van der Waals surface area contributed by atoms with E-state index in [0.717, 1.165) is 26.4 Å². The Morgan fingerprint density at radius 1 is 0.969 bits per heavy atom. The summed E-state index contributed by atoms with van der Waals surface area (Å²) in [6.07, 6.45) is 0.0574. The molecule has 0 aliphatic heterocycles. The van der Waals surface area contributed by atoms with E-state index in [2.05, 4.69) is 21.7 Å². The molecule has 0 aliphatic rings. The molecule has 0 fully saturated rings. The summed E-state index contributed by atoms with van der Waals surface area (Å²) in [5.74, 6) is -0.359. The summed E-state index contributed by atoms with van der Waals surface area (Å²) in [4.78, 5) is 29.3. The summed E-state index contributed by atoms with van der Waals surface area (Å²) < 4.78 is 6.19. The van der Waals surface area contributed by atoms with Gasteiger partial charge in [0, 0.05) is 11.3 Å². The topological polar surface area (TPSA) is 80.3 Å². The molecule has 0 aliphatic carbocycles. The Morgan fingerprint density at radius 2 is 1.69 bits per heavy atom. The van der Waals surface area contributed by atoms with Crippen molar-refractivity contribution in [2.24, 2.45) is 0 Å². The lowest BCUT2D eigenvalue weighted by Gasteiger charge is -2.19. The van der Waals surface area contributed by atoms with Crippen LogP contribution in [0.2, 0.25) is 0 Å². The van der Waals surface area contributed by atoms with Crippen molar-refractivity contribution in [3.8, 4) is 10.6 Å². The van der Waals surface area contributed by atoms with Crippen LogP contribution in [0.5, 0.6) is 0 Å². The first-order chi connectivity index (χ1) is 15.6. The summed E-state index contributed by atoms with van der Waals surface area (Å²) in [6.45, 7) is 2.06. The molecule has 0 radical (unpaired) electrons. The molecular weight excluding hydrogens is 422 g/mol. The molecule has 32 heavy (non-hydrogen) atoms. The van der Waals surface area contributed by atoms with Crippen LogP contribution in [0.4, 0.5) is 10.5 Å². The first kappa shape index (κ1) is 21.5. The van der Waals surface area contributed by atoms with E-state index in [-0.39, 0.29) is 12.4 Å². The number of urea groups is 1. The van der Waals surface area contributed by atoms with Gasteiger partial charge >= 0.3 is 12.0 Å². The monoisotopic (exact) mass is 445 g/mol. The number of amides is 2. The molecule has 0 bridgehead atoms. The molecule has 0 saturated carbocycles. The Labute approximate surface area is 190 Å². The summed E-state index contributed by atoms with van der Waals surface area (Å²) in [5.41, 5.74) is 3.45. The third-order valence-electron chi connectivity index (χ3n) is 4.87. The minimum absolute atomic E-state index is 0.0574. The number of benzene rings is 3. The maximum Gasteiger partial charge on any atom is 0.319 e. The molecule has 0 saturated heterocycles. The average Bonchev–Trinajstić information content (AvgIpc) is 3.24. The van der Waals surface area contributed by atoms with E-state index in [0.29, 0.717) is 12.3 Å². The highest BCUT2D eigenvalue weighted by atomic mass is 32.1. The molecule has 2 amide bonds. The van der Waals surface area contributed by atoms with Crippen LogP contribution in [-0.2, 0) is 9.53 Å². The molecule has 0 unspecified atom stereocenters. The van der Waals surface area contributed by atoms with E-state index in [1.54, 1.807) is 18.3 Å². The number of nitrogens with zero attached hydrogens (tertiary/aromatic N) is 1. The second kappa shape index (κ2) is 10.1.